The highest BCUT2D eigenvalue weighted by Gasteiger charge is 2.41. The Morgan fingerprint density at radius 2 is 2.00 bits per heavy atom. The van der Waals surface area contributed by atoms with Crippen molar-refractivity contribution in [2.24, 2.45) is 5.41 Å². The summed E-state index contributed by atoms with van der Waals surface area (Å²) < 4.78 is 10.9. The Kier molecular flexibility index (Phi) is 5.29. The topological polar surface area (TPSA) is 47.6 Å². The maximum absolute atomic E-state index is 12.0. The summed E-state index contributed by atoms with van der Waals surface area (Å²) in [6.45, 7) is 11.2. The Morgan fingerprint density at radius 3 is 2.42 bits per heavy atom. The van der Waals surface area contributed by atoms with Crippen molar-refractivity contribution in [3.8, 4) is 0 Å². The number of carbonyl (C=O) groups excluding carboxylic acids is 1. The van der Waals surface area contributed by atoms with E-state index < -0.39 is 5.60 Å². The first kappa shape index (κ1) is 16.8. The van der Waals surface area contributed by atoms with E-state index in [1.807, 2.05) is 20.8 Å². The van der Waals surface area contributed by atoms with Gasteiger partial charge in [-0.15, -0.1) is 0 Å². The van der Waals surface area contributed by atoms with Gasteiger partial charge in [0, 0.05) is 11.9 Å². The van der Waals surface area contributed by atoms with Crippen LogP contribution in [0.1, 0.15) is 47.5 Å². The van der Waals surface area contributed by atoms with E-state index in [2.05, 4.69) is 35.1 Å². The molecule has 4 nitrogen and oxygen atoms in total. The summed E-state index contributed by atoms with van der Waals surface area (Å²) in [7, 11) is 0. The lowest BCUT2D eigenvalue weighted by molar-refractivity contribution is 0.0406. The number of rotatable bonds is 4. The van der Waals surface area contributed by atoms with Crippen LogP contribution in [0.2, 0.25) is 0 Å². The molecule has 1 saturated heterocycles. The molecule has 1 fully saturated rings. The van der Waals surface area contributed by atoms with E-state index >= 15 is 0 Å². The van der Waals surface area contributed by atoms with Gasteiger partial charge >= 0.3 is 6.09 Å². The molecular formula is C14H26BrNO3. The van der Waals surface area contributed by atoms with Crippen LogP contribution < -0.4 is 5.32 Å². The fourth-order valence-electron chi connectivity index (χ4n) is 2.37. The molecule has 1 aliphatic heterocycles. The van der Waals surface area contributed by atoms with Crippen LogP contribution in [0.5, 0.6) is 0 Å². The molecule has 1 atom stereocenters. The number of amides is 1. The summed E-state index contributed by atoms with van der Waals surface area (Å²) in [5.74, 6) is 0. The number of carbonyl (C=O) groups is 1. The van der Waals surface area contributed by atoms with Crippen LogP contribution in [0, 0.1) is 5.41 Å². The third kappa shape index (κ3) is 5.69. The van der Waals surface area contributed by atoms with Crippen molar-refractivity contribution in [3.63, 3.8) is 0 Å². The third-order valence-electron chi connectivity index (χ3n) is 3.05. The summed E-state index contributed by atoms with van der Waals surface area (Å²) in [4.78, 5) is 12.0. The van der Waals surface area contributed by atoms with Crippen molar-refractivity contribution in [2.75, 3.05) is 18.5 Å². The first-order valence-electron chi connectivity index (χ1n) is 6.72. The van der Waals surface area contributed by atoms with Crippen LogP contribution in [0.3, 0.4) is 0 Å². The summed E-state index contributed by atoms with van der Waals surface area (Å²) in [6, 6.07) is 0. The van der Waals surface area contributed by atoms with Gasteiger partial charge in [-0.25, -0.2) is 4.79 Å². The number of hydrogen-bond acceptors (Lipinski definition) is 3. The fraction of sp³-hybridized carbons (Fsp3) is 0.929. The lowest BCUT2D eigenvalue weighted by Crippen LogP contribution is -2.53. The van der Waals surface area contributed by atoms with Gasteiger partial charge in [0.15, 0.2) is 0 Å². The molecule has 112 valence electrons. The zero-order valence-electron chi connectivity index (χ0n) is 12.6. The first-order chi connectivity index (χ1) is 8.58. The van der Waals surface area contributed by atoms with E-state index in [1.165, 1.54) is 0 Å². The SMILES string of the molecule is CC(C)(CBr)CC1(NC(=O)OC(C)(C)C)CCOC1. The summed E-state index contributed by atoms with van der Waals surface area (Å²) in [6.07, 6.45) is 1.34. The van der Waals surface area contributed by atoms with Gasteiger partial charge in [0.1, 0.15) is 5.60 Å². The zero-order valence-corrected chi connectivity index (χ0v) is 14.2. The molecular weight excluding hydrogens is 310 g/mol. The van der Waals surface area contributed by atoms with Crippen molar-refractivity contribution in [2.45, 2.75) is 58.6 Å². The van der Waals surface area contributed by atoms with Crippen LogP contribution >= 0.6 is 15.9 Å². The minimum Gasteiger partial charge on any atom is -0.444 e. The van der Waals surface area contributed by atoms with Crippen LogP contribution in [0.4, 0.5) is 4.79 Å². The van der Waals surface area contributed by atoms with Crippen molar-refractivity contribution >= 4 is 22.0 Å². The van der Waals surface area contributed by atoms with Crippen LogP contribution in [-0.4, -0.2) is 35.8 Å². The average molecular weight is 336 g/mol. The number of ether oxygens (including phenoxy) is 2. The van der Waals surface area contributed by atoms with E-state index in [-0.39, 0.29) is 17.0 Å². The molecule has 1 aliphatic rings. The fourth-order valence-corrected chi connectivity index (χ4v) is 2.57. The van der Waals surface area contributed by atoms with E-state index in [9.17, 15) is 4.79 Å². The number of alkyl carbamates (subject to hydrolysis) is 1. The maximum Gasteiger partial charge on any atom is 0.408 e. The van der Waals surface area contributed by atoms with Crippen LogP contribution in [-0.2, 0) is 9.47 Å². The Morgan fingerprint density at radius 1 is 1.37 bits per heavy atom. The smallest absolute Gasteiger partial charge is 0.408 e. The normalized spacial score (nSPS) is 24.3. The quantitative estimate of drug-likeness (QED) is 0.800. The second-order valence-electron chi connectivity index (χ2n) is 7.18. The molecule has 5 heteroatoms. The molecule has 0 aromatic rings. The van der Waals surface area contributed by atoms with Crippen LogP contribution in [0.15, 0.2) is 0 Å². The standard InChI is InChI=1S/C14H26BrNO3/c1-12(2,3)19-11(17)16-14(6-7-18-10-14)8-13(4,5)9-15/h6-10H2,1-5H3,(H,16,17). The van der Waals surface area contributed by atoms with Crippen molar-refractivity contribution in [1.82, 2.24) is 5.32 Å². The highest BCUT2D eigenvalue weighted by atomic mass is 79.9. The van der Waals surface area contributed by atoms with Crippen LogP contribution in [0.25, 0.3) is 0 Å². The molecule has 0 spiro atoms. The molecule has 1 N–H and O–H groups in total. The number of alkyl halides is 1. The van der Waals surface area contributed by atoms with E-state index in [4.69, 9.17) is 9.47 Å². The lowest BCUT2D eigenvalue weighted by Gasteiger charge is -2.36. The molecule has 0 aliphatic carbocycles. The molecule has 0 saturated carbocycles. The van der Waals surface area contributed by atoms with Gasteiger partial charge in [-0.3, -0.25) is 0 Å². The minimum atomic E-state index is -0.477. The molecule has 0 aromatic heterocycles. The van der Waals surface area contributed by atoms with Gasteiger partial charge < -0.3 is 14.8 Å². The second-order valence-corrected chi connectivity index (χ2v) is 7.75. The second kappa shape index (κ2) is 6.00. The Labute approximate surface area is 124 Å². The Bertz CT molecular complexity index is 317. The first-order valence-corrected chi connectivity index (χ1v) is 7.85. The molecule has 19 heavy (non-hydrogen) atoms. The largest absolute Gasteiger partial charge is 0.444 e. The van der Waals surface area contributed by atoms with Gasteiger partial charge in [0.05, 0.1) is 12.1 Å². The van der Waals surface area contributed by atoms with Crippen molar-refractivity contribution < 1.29 is 14.3 Å². The molecule has 0 radical (unpaired) electrons. The van der Waals surface area contributed by atoms with Gasteiger partial charge in [0.25, 0.3) is 0 Å². The average Bonchev–Trinajstić information content (AvgIpc) is 2.62. The predicted molar refractivity (Wildman–Crippen MR) is 79.7 cm³/mol. The highest BCUT2D eigenvalue weighted by molar-refractivity contribution is 9.09. The molecule has 0 bridgehead atoms. The number of nitrogens with one attached hydrogen (secondary N) is 1. The molecule has 0 aromatic carbocycles. The highest BCUT2D eigenvalue weighted by Crippen LogP contribution is 2.35. The summed E-state index contributed by atoms with van der Waals surface area (Å²) >= 11 is 3.53. The monoisotopic (exact) mass is 335 g/mol. The Hall–Kier alpha value is -0.290. The van der Waals surface area contributed by atoms with Crippen molar-refractivity contribution in [3.05, 3.63) is 0 Å². The summed E-state index contributed by atoms with van der Waals surface area (Å²) in [5, 5.41) is 3.92. The zero-order chi connectivity index (χ0) is 14.7. The van der Waals surface area contributed by atoms with Gasteiger partial charge in [-0.05, 0) is 39.0 Å². The predicted octanol–water partition coefficient (Wildman–Crippen LogP) is 3.48. The minimum absolute atomic E-state index is 0.0999. The molecule has 1 unspecified atom stereocenters. The van der Waals surface area contributed by atoms with Gasteiger partial charge in [-0.1, -0.05) is 29.8 Å². The van der Waals surface area contributed by atoms with Gasteiger partial charge in [-0.2, -0.15) is 0 Å². The van der Waals surface area contributed by atoms with E-state index in [0.717, 1.165) is 18.2 Å². The third-order valence-corrected chi connectivity index (χ3v) is 4.57. The van der Waals surface area contributed by atoms with E-state index in [0.29, 0.717) is 13.2 Å². The number of hydrogen-bond donors (Lipinski definition) is 1. The molecule has 1 amide bonds. The Balaban J connectivity index is 2.70. The van der Waals surface area contributed by atoms with Crippen molar-refractivity contribution in [1.29, 1.82) is 0 Å². The lowest BCUT2D eigenvalue weighted by atomic mass is 9.79. The van der Waals surface area contributed by atoms with Gasteiger partial charge in [0.2, 0.25) is 0 Å². The van der Waals surface area contributed by atoms with E-state index in [1.54, 1.807) is 0 Å². The molecule has 1 heterocycles. The molecule has 1 rings (SSSR count). The number of halogens is 1. The maximum atomic E-state index is 12.0. The summed E-state index contributed by atoms with van der Waals surface area (Å²) in [5.41, 5.74) is -0.683.